The van der Waals surface area contributed by atoms with E-state index >= 15 is 0 Å². The third-order valence-corrected chi connectivity index (χ3v) is 5.88. The smallest absolute Gasteiger partial charge is 0.228 e. The van der Waals surface area contributed by atoms with Gasteiger partial charge in [0.2, 0.25) is 5.91 Å². The molecular formula is C21H27N3O. The molecule has 2 heterocycles. The van der Waals surface area contributed by atoms with E-state index in [4.69, 9.17) is 5.73 Å². The maximum absolute atomic E-state index is 13.0. The highest BCUT2D eigenvalue weighted by Crippen LogP contribution is 2.52. The molecule has 4 nitrogen and oxygen atoms in total. The molecule has 0 radical (unpaired) electrons. The van der Waals surface area contributed by atoms with Crippen LogP contribution in [0.1, 0.15) is 45.7 Å². The molecule has 2 N–H and O–H groups in total. The van der Waals surface area contributed by atoms with Crippen LogP contribution in [0.5, 0.6) is 0 Å². The third kappa shape index (κ3) is 2.99. The van der Waals surface area contributed by atoms with Crippen molar-refractivity contribution in [3.05, 3.63) is 36.0 Å². The number of carbonyl (C=O) groups is 1. The average molecular weight is 337 g/mol. The number of aromatic nitrogens is 1. The minimum absolute atomic E-state index is 0.202. The van der Waals surface area contributed by atoms with Crippen LogP contribution in [0.4, 0.5) is 5.69 Å². The molecule has 132 valence electrons. The Balaban J connectivity index is 1.56. The molecule has 4 heteroatoms. The van der Waals surface area contributed by atoms with Gasteiger partial charge in [0.25, 0.3) is 0 Å². The molecule has 1 saturated carbocycles. The van der Waals surface area contributed by atoms with Gasteiger partial charge in [0.05, 0.1) is 23.3 Å². The molecule has 1 aliphatic carbocycles. The molecule has 4 rings (SSSR count). The Bertz CT molecular complexity index is 844. The number of likely N-dealkylation sites (tertiary alicyclic amines) is 1. The zero-order chi connectivity index (χ0) is 17.8. The standard InChI is InChI=1S/C21H27N3O/c1-20(2)10-16-11-21(3,12-20)13-24(16)18(25)9-15-8-7-14-5-4-6-17(22)19(14)23-15/h4-8,16H,9-13,22H2,1-3H3. The molecule has 2 bridgehead atoms. The Morgan fingerprint density at radius 2 is 2.04 bits per heavy atom. The van der Waals surface area contributed by atoms with Gasteiger partial charge in [0.15, 0.2) is 0 Å². The second-order valence-corrected chi connectivity index (χ2v) is 9.13. The maximum Gasteiger partial charge on any atom is 0.228 e. The first-order valence-corrected chi connectivity index (χ1v) is 9.18. The molecule has 25 heavy (non-hydrogen) atoms. The fraction of sp³-hybridized carbons (Fsp3) is 0.524. The highest BCUT2D eigenvalue weighted by atomic mass is 16.2. The van der Waals surface area contributed by atoms with Crippen molar-refractivity contribution in [2.75, 3.05) is 12.3 Å². The first kappa shape index (κ1) is 16.4. The molecule has 0 spiro atoms. The van der Waals surface area contributed by atoms with Gasteiger partial charge in [0, 0.05) is 18.0 Å². The predicted molar refractivity (Wildman–Crippen MR) is 101 cm³/mol. The molecule has 2 aromatic rings. The summed E-state index contributed by atoms with van der Waals surface area (Å²) < 4.78 is 0. The van der Waals surface area contributed by atoms with Crippen LogP contribution in [-0.4, -0.2) is 28.4 Å². The van der Waals surface area contributed by atoms with Gasteiger partial charge < -0.3 is 10.6 Å². The molecule has 1 saturated heterocycles. The summed E-state index contributed by atoms with van der Waals surface area (Å²) in [7, 11) is 0. The number of nitrogens with zero attached hydrogens (tertiary/aromatic N) is 2. The first-order valence-electron chi connectivity index (χ1n) is 9.18. The third-order valence-electron chi connectivity index (χ3n) is 5.88. The second-order valence-electron chi connectivity index (χ2n) is 9.13. The van der Waals surface area contributed by atoms with Crippen molar-refractivity contribution in [2.24, 2.45) is 10.8 Å². The number of anilines is 1. The number of nitrogens with two attached hydrogens (primary N) is 1. The monoisotopic (exact) mass is 337 g/mol. The lowest BCUT2D eigenvalue weighted by Crippen LogP contribution is -2.38. The normalized spacial score (nSPS) is 27.6. The van der Waals surface area contributed by atoms with Crippen LogP contribution >= 0.6 is 0 Å². The summed E-state index contributed by atoms with van der Waals surface area (Å²) in [5.74, 6) is 0.202. The number of benzene rings is 1. The van der Waals surface area contributed by atoms with Gasteiger partial charge in [-0.15, -0.1) is 0 Å². The zero-order valence-electron chi connectivity index (χ0n) is 15.4. The summed E-state index contributed by atoms with van der Waals surface area (Å²) in [6.07, 6.45) is 3.80. The molecular weight excluding hydrogens is 310 g/mol. The Hall–Kier alpha value is -2.10. The van der Waals surface area contributed by atoms with Crippen molar-refractivity contribution in [3.63, 3.8) is 0 Å². The maximum atomic E-state index is 13.0. The fourth-order valence-corrected chi connectivity index (χ4v) is 5.32. The number of pyridine rings is 1. The number of carbonyl (C=O) groups excluding carboxylic acids is 1. The summed E-state index contributed by atoms with van der Waals surface area (Å²) in [5.41, 5.74) is 8.89. The van der Waals surface area contributed by atoms with Crippen LogP contribution in [0.25, 0.3) is 10.9 Å². The fourth-order valence-electron chi connectivity index (χ4n) is 5.32. The number of hydrogen-bond acceptors (Lipinski definition) is 3. The van der Waals surface area contributed by atoms with E-state index in [-0.39, 0.29) is 11.3 Å². The van der Waals surface area contributed by atoms with E-state index in [1.165, 1.54) is 6.42 Å². The van der Waals surface area contributed by atoms with Crippen molar-refractivity contribution in [2.45, 2.75) is 52.5 Å². The molecule has 2 atom stereocenters. The Labute approximate surface area is 149 Å². The number of rotatable bonds is 2. The number of hydrogen-bond donors (Lipinski definition) is 1. The summed E-state index contributed by atoms with van der Waals surface area (Å²) in [5, 5.41) is 1.02. The average Bonchev–Trinajstić information content (AvgIpc) is 2.77. The molecule has 2 fully saturated rings. The summed E-state index contributed by atoms with van der Waals surface area (Å²) >= 11 is 0. The summed E-state index contributed by atoms with van der Waals surface area (Å²) in [6, 6.07) is 10.1. The van der Waals surface area contributed by atoms with E-state index in [9.17, 15) is 4.79 Å². The molecule has 1 aromatic heterocycles. The van der Waals surface area contributed by atoms with E-state index in [1.807, 2.05) is 30.3 Å². The van der Waals surface area contributed by atoms with Crippen molar-refractivity contribution < 1.29 is 4.79 Å². The quantitative estimate of drug-likeness (QED) is 0.848. The van der Waals surface area contributed by atoms with E-state index in [1.54, 1.807) is 0 Å². The van der Waals surface area contributed by atoms with E-state index < -0.39 is 0 Å². The van der Waals surface area contributed by atoms with Gasteiger partial charge in [-0.1, -0.05) is 39.0 Å². The van der Waals surface area contributed by atoms with Gasteiger partial charge >= 0.3 is 0 Å². The molecule has 2 aliphatic rings. The van der Waals surface area contributed by atoms with Crippen LogP contribution in [0.3, 0.4) is 0 Å². The SMILES string of the molecule is CC1(C)CC2CC(C)(CN2C(=O)Cc2ccc3cccc(N)c3n2)C1. The molecule has 1 amide bonds. The number of fused-ring (bicyclic) bond motifs is 3. The lowest BCUT2D eigenvalue weighted by atomic mass is 9.65. The first-order chi connectivity index (χ1) is 11.7. The van der Waals surface area contributed by atoms with E-state index in [2.05, 4.69) is 30.7 Å². The van der Waals surface area contributed by atoms with Crippen molar-refractivity contribution in [1.82, 2.24) is 9.88 Å². The lowest BCUT2D eigenvalue weighted by Gasteiger charge is -2.39. The van der Waals surface area contributed by atoms with E-state index in [0.29, 0.717) is 23.6 Å². The van der Waals surface area contributed by atoms with Gasteiger partial charge in [-0.25, -0.2) is 0 Å². The van der Waals surface area contributed by atoms with Gasteiger partial charge in [-0.05, 0) is 42.2 Å². The zero-order valence-corrected chi connectivity index (χ0v) is 15.4. The Kier molecular flexibility index (Phi) is 3.57. The van der Waals surface area contributed by atoms with Gasteiger partial charge in [0.1, 0.15) is 0 Å². The van der Waals surface area contributed by atoms with Crippen LogP contribution < -0.4 is 5.73 Å². The largest absolute Gasteiger partial charge is 0.397 e. The predicted octanol–water partition coefficient (Wildman–Crippen LogP) is 3.79. The minimum Gasteiger partial charge on any atom is -0.397 e. The summed E-state index contributed by atoms with van der Waals surface area (Å²) in [4.78, 5) is 19.8. The molecule has 1 aromatic carbocycles. The second kappa shape index (κ2) is 5.45. The Morgan fingerprint density at radius 1 is 1.24 bits per heavy atom. The number of para-hydroxylation sites is 1. The Morgan fingerprint density at radius 3 is 2.84 bits per heavy atom. The van der Waals surface area contributed by atoms with Gasteiger partial charge in [-0.2, -0.15) is 0 Å². The molecule has 1 aliphatic heterocycles. The van der Waals surface area contributed by atoms with Crippen LogP contribution in [0.15, 0.2) is 30.3 Å². The van der Waals surface area contributed by atoms with Crippen molar-refractivity contribution in [1.29, 1.82) is 0 Å². The van der Waals surface area contributed by atoms with Gasteiger partial charge in [-0.3, -0.25) is 9.78 Å². The van der Waals surface area contributed by atoms with Crippen molar-refractivity contribution >= 4 is 22.5 Å². The summed E-state index contributed by atoms with van der Waals surface area (Å²) in [6.45, 7) is 7.89. The van der Waals surface area contributed by atoms with Crippen molar-refractivity contribution in [3.8, 4) is 0 Å². The van der Waals surface area contributed by atoms with Crippen LogP contribution in [0.2, 0.25) is 0 Å². The lowest BCUT2D eigenvalue weighted by molar-refractivity contribution is -0.131. The van der Waals surface area contributed by atoms with Crippen LogP contribution in [0, 0.1) is 10.8 Å². The molecule has 2 unspecified atom stereocenters. The number of nitrogen functional groups attached to an aromatic ring is 1. The minimum atomic E-state index is 0.202. The highest BCUT2D eigenvalue weighted by Gasteiger charge is 2.50. The number of amides is 1. The highest BCUT2D eigenvalue weighted by molar-refractivity contribution is 5.89. The van der Waals surface area contributed by atoms with Crippen LogP contribution in [-0.2, 0) is 11.2 Å². The topological polar surface area (TPSA) is 59.2 Å². The van der Waals surface area contributed by atoms with E-state index in [0.717, 1.165) is 36.0 Å².